The van der Waals surface area contributed by atoms with Crippen molar-refractivity contribution in [3.8, 4) is 0 Å². The molecular formula is C33H42N4O8S. The highest BCUT2D eigenvalue weighted by Gasteiger charge is 2.48. The number of rotatable bonds is 12. The van der Waals surface area contributed by atoms with Gasteiger partial charge in [0, 0.05) is 51.6 Å². The van der Waals surface area contributed by atoms with E-state index in [4.69, 9.17) is 0 Å². The number of aliphatic hydroxyl groups excluding tert-OH is 1. The molecule has 0 spiro atoms. The number of carbonyl (C=O) groups excluding carboxylic acids is 2. The zero-order valence-corrected chi connectivity index (χ0v) is 27.2. The van der Waals surface area contributed by atoms with Crippen LogP contribution in [0.15, 0.2) is 18.4 Å². The number of carboxylic acids is 2. The lowest BCUT2D eigenvalue weighted by Crippen LogP contribution is -2.42. The molecule has 0 aromatic carbocycles. The Labute approximate surface area is 271 Å². The molecule has 2 aliphatic rings. The van der Waals surface area contributed by atoms with Gasteiger partial charge >= 0.3 is 11.9 Å². The summed E-state index contributed by atoms with van der Waals surface area (Å²) in [6.07, 6.45) is 5.29. The highest BCUT2D eigenvalue weighted by Crippen LogP contribution is 2.33. The SMILES string of the molecule is C=CC1C(=O)N[C@H](/C=c2\[nH]/c(=C\c3[nH]c(/C=C4\NC(=O)[C@H](C)[C@H]4CCS)c(C)c3CCC(=O)O)c([C@@H](O)CC(=O)O)c2C)[C@@]1(C)O. The number of carbonyl (C=O) groups is 4. The largest absolute Gasteiger partial charge is 0.481 e. The Balaban J connectivity index is 1.92. The van der Waals surface area contributed by atoms with Crippen LogP contribution in [-0.2, 0) is 25.6 Å². The van der Waals surface area contributed by atoms with Gasteiger partial charge in [0.05, 0.1) is 24.5 Å². The number of nitrogens with one attached hydrogen (secondary N) is 4. The zero-order valence-electron chi connectivity index (χ0n) is 26.3. The third-order valence-electron chi connectivity index (χ3n) is 9.23. The molecule has 0 aliphatic carbocycles. The number of amides is 2. The van der Waals surface area contributed by atoms with Gasteiger partial charge in [0.15, 0.2) is 0 Å². The van der Waals surface area contributed by atoms with Crippen molar-refractivity contribution < 1.29 is 39.6 Å². The monoisotopic (exact) mass is 654 g/mol. The van der Waals surface area contributed by atoms with Gasteiger partial charge in [0.1, 0.15) is 5.60 Å². The summed E-state index contributed by atoms with van der Waals surface area (Å²) in [5.41, 5.74) is 2.75. The van der Waals surface area contributed by atoms with E-state index in [0.29, 0.717) is 51.0 Å². The van der Waals surface area contributed by atoms with Crippen LogP contribution in [0.4, 0.5) is 0 Å². The molecule has 1 unspecified atom stereocenters. The summed E-state index contributed by atoms with van der Waals surface area (Å²) >= 11 is 4.36. The van der Waals surface area contributed by atoms with E-state index < -0.39 is 42.0 Å². The van der Waals surface area contributed by atoms with Crippen LogP contribution in [0.1, 0.15) is 72.9 Å². The number of aromatic amines is 2. The van der Waals surface area contributed by atoms with Crippen molar-refractivity contribution in [2.45, 2.75) is 71.1 Å². The maximum absolute atomic E-state index is 12.5. The van der Waals surface area contributed by atoms with Gasteiger partial charge in [-0.15, -0.1) is 6.58 Å². The van der Waals surface area contributed by atoms with E-state index in [1.807, 2.05) is 19.9 Å². The lowest BCUT2D eigenvalue weighted by molar-refractivity contribution is -0.139. The number of H-pyrrole nitrogens is 2. The molecule has 46 heavy (non-hydrogen) atoms. The van der Waals surface area contributed by atoms with Gasteiger partial charge in [-0.3, -0.25) is 19.2 Å². The fourth-order valence-electron chi connectivity index (χ4n) is 6.49. The second kappa shape index (κ2) is 13.7. The smallest absolute Gasteiger partial charge is 0.306 e. The number of thiol groups is 1. The average molecular weight is 655 g/mol. The van der Waals surface area contributed by atoms with Crippen molar-refractivity contribution >= 4 is 54.6 Å². The number of hydrogen-bond donors (Lipinski definition) is 9. The van der Waals surface area contributed by atoms with Crippen LogP contribution in [0.5, 0.6) is 0 Å². The molecule has 0 radical (unpaired) electrons. The lowest BCUT2D eigenvalue weighted by atomic mass is 9.86. The predicted octanol–water partition coefficient (Wildman–Crippen LogP) is 1.19. The molecule has 2 fully saturated rings. The summed E-state index contributed by atoms with van der Waals surface area (Å²) in [4.78, 5) is 54.7. The summed E-state index contributed by atoms with van der Waals surface area (Å²) in [7, 11) is 0. The Morgan fingerprint density at radius 3 is 2.33 bits per heavy atom. The van der Waals surface area contributed by atoms with Crippen molar-refractivity contribution in [1.82, 2.24) is 20.6 Å². The molecule has 0 saturated carbocycles. The van der Waals surface area contributed by atoms with Crippen LogP contribution in [0.2, 0.25) is 0 Å². The van der Waals surface area contributed by atoms with Crippen LogP contribution in [0.25, 0.3) is 18.2 Å². The predicted molar refractivity (Wildman–Crippen MR) is 175 cm³/mol. The molecule has 2 aromatic rings. The van der Waals surface area contributed by atoms with Crippen molar-refractivity contribution in [2.24, 2.45) is 17.8 Å². The van der Waals surface area contributed by atoms with E-state index in [1.165, 1.54) is 13.0 Å². The Bertz CT molecular complexity index is 1720. The number of aliphatic hydroxyl groups is 2. The number of allylic oxidation sites excluding steroid dienone is 1. The maximum atomic E-state index is 12.5. The maximum Gasteiger partial charge on any atom is 0.306 e. The normalized spacial score (nSPS) is 26.9. The van der Waals surface area contributed by atoms with Gasteiger partial charge in [-0.05, 0) is 74.3 Å². The Morgan fingerprint density at radius 2 is 1.74 bits per heavy atom. The molecule has 248 valence electrons. The molecule has 2 saturated heterocycles. The van der Waals surface area contributed by atoms with E-state index in [-0.39, 0.29) is 36.5 Å². The summed E-state index contributed by atoms with van der Waals surface area (Å²) in [5, 5.41) is 47.6. The molecule has 2 aromatic heterocycles. The average Bonchev–Trinajstić information content (AvgIpc) is 3.59. The van der Waals surface area contributed by atoms with Crippen LogP contribution in [0.3, 0.4) is 0 Å². The second-order valence-electron chi connectivity index (χ2n) is 12.3. The van der Waals surface area contributed by atoms with Crippen molar-refractivity contribution in [1.29, 1.82) is 0 Å². The van der Waals surface area contributed by atoms with Gasteiger partial charge in [-0.25, -0.2) is 0 Å². The molecular weight excluding hydrogens is 612 g/mol. The highest BCUT2D eigenvalue weighted by molar-refractivity contribution is 7.80. The second-order valence-corrected chi connectivity index (χ2v) is 12.7. The summed E-state index contributed by atoms with van der Waals surface area (Å²) in [6.45, 7) is 10.6. The standard InChI is InChI=1S/C33H42N4O8S/c1-6-20-32(44)37-27(33(20,5)45)13-22-17(4)30(26(38)14-29(41)42)25(35-22)12-23-18(7-8-28(39)40)15(2)21(34-23)11-24-19(9-10-46)16(3)31(43)36-24/h6,11-13,16,19-20,26-27,34-35,38,45-46H,1,7-10,14H2,2-5H3,(H,36,43)(H,37,44)(H,39,40)(H,41,42)/b22-13-,24-11-,25-12-/t16-,19-,20?,26+,27-,33+/m1/s1. The molecule has 6 atom stereocenters. The topological polar surface area (TPSA) is 205 Å². The molecule has 4 heterocycles. The van der Waals surface area contributed by atoms with Gasteiger partial charge < -0.3 is 41.0 Å². The third kappa shape index (κ3) is 6.86. The number of carboxylic acid groups (broad SMARTS) is 2. The molecule has 4 rings (SSSR count). The third-order valence-corrected chi connectivity index (χ3v) is 9.49. The van der Waals surface area contributed by atoms with Gasteiger partial charge in [-0.1, -0.05) is 13.0 Å². The van der Waals surface area contributed by atoms with E-state index in [9.17, 15) is 39.6 Å². The zero-order chi connectivity index (χ0) is 34.1. The molecule has 13 heteroatoms. The van der Waals surface area contributed by atoms with E-state index in [1.54, 1.807) is 19.1 Å². The van der Waals surface area contributed by atoms with E-state index >= 15 is 0 Å². The van der Waals surface area contributed by atoms with Crippen LogP contribution in [0, 0.1) is 31.6 Å². The van der Waals surface area contributed by atoms with Crippen molar-refractivity contribution in [3.63, 3.8) is 0 Å². The fourth-order valence-corrected chi connectivity index (χ4v) is 6.77. The molecule has 2 amide bonds. The number of aromatic nitrogens is 2. The first kappa shape index (κ1) is 34.8. The quantitative estimate of drug-likeness (QED) is 0.120. The molecule has 2 aliphatic heterocycles. The van der Waals surface area contributed by atoms with Crippen LogP contribution in [-0.4, -0.2) is 71.5 Å². The first-order valence-corrected chi connectivity index (χ1v) is 15.8. The van der Waals surface area contributed by atoms with Crippen molar-refractivity contribution in [3.05, 3.63) is 62.7 Å². The first-order valence-electron chi connectivity index (χ1n) is 15.1. The van der Waals surface area contributed by atoms with Gasteiger partial charge in [0.25, 0.3) is 0 Å². The Morgan fingerprint density at radius 1 is 1.04 bits per heavy atom. The lowest BCUT2D eigenvalue weighted by Gasteiger charge is -2.25. The minimum atomic E-state index is -1.50. The summed E-state index contributed by atoms with van der Waals surface area (Å²) < 4.78 is 0. The minimum absolute atomic E-state index is 0.0569. The van der Waals surface area contributed by atoms with Crippen LogP contribution < -0.4 is 21.3 Å². The van der Waals surface area contributed by atoms with Gasteiger partial charge in [0.2, 0.25) is 11.8 Å². The Hall–Kier alpha value is -4.07. The Kier molecular flexibility index (Phi) is 10.4. The van der Waals surface area contributed by atoms with Crippen LogP contribution >= 0.6 is 12.6 Å². The molecule has 8 N–H and O–H groups in total. The molecule has 12 nitrogen and oxygen atoms in total. The molecule has 0 bridgehead atoms. The summed E-state index contributed by atoms with van der Waals surface area (Å²) in [6, 6.07) is -0.816. The highest BCUT2D eigenvalue weighted by atomic mass is 32.1. The van der Waals surface area contributed by atoms with E-state index in [2.05, 4.69) is 39.8 Å². The van der Waals surface area contributed by atoms with Gasteiger partial charge in [-0.2, -0.15) is 12.6 Å². The number of aliphatic carboxylic acids is 2. The van der Waals surface area contributed by atoms with Crippen molar-refractivity contribution in [2.75, 3.05) is 5.75 Å². The van der Waals surface area contributed by atoms with E-state index in [0.717, 1.165) is 11.3 Å². The first-order chi connectivity index (χ1) is 21.6. The fraction of sp³-hybridized carbons (Fsp3) is 0.455. The number of hydrogen-bond acceptors (Lipinski definition) is 7. The minimum Gasteiger partial charge on any atom is -0.481 e. The summed E-state index contributed by atoms with van der Waals surface area (Å²) in [5.74, 6) is -3.20.